The molecule has 0 unspecified atom stereocenters. The molecular formula is C50H31BrN6O2. The number of hydrogen-bond donors (Lipinski definition) is 1. The number of para-hydroxylation sites is 10. The highest BCUT2D eigenvalue weighted by atomic mass is 79.9. The number of aromatic amines is 1. The summed E-state index contributed by atoms with van der Waals surface area (Å²) in [6.07, 6.45) is 0. The molecule has 8 aromatic carbocycles. The number of rotatable bonds is 1. The van der Waals surface area contributed by atoms with Gasteiger partial charge in [-0.3, -0.25) is 13.4 Å². The van der Waals surface area contributed by atoms with Crippen LogP contribution in [-0.4, -0.2) is 28.3 Å². The van der Waals surface area contributed by atoms with E-state index in [0.29, 0.717) is 0 Å². The average Bonchev–Trinajstić information content (AvgIpc) is 4.12. The Morgan fingerprint density at radius 1 is 0.424 bits per heavy atom. The van der Waals surface area contributed by atoms with Crippen LogP contribution in [0.2, 0.25) is 0 Å². The molecule has 14 rings (SSSR count). The first kappa shape index (κ1) is 33.5. The van der Waals surface area contributed by atoms with Gasteiger partial charge in [-0.05, 0) is 97.1 Å². The van der Waals surface area contributed by atoms with Gasteiger partial charge in [0.25, 0.3) is 0 Å². The summed E-state index contributed by atoms with van der Waals surface area (Å²) >= 11 is 3.46. The molecule has 280 valence electrons. The van der Waals surface area contributed by atoms with Gasteiger partial charge in [0.2, 0.25) is 11.6 Å². The molecule has 6 aromatic heterocycles. The van der Waals surface area contributed by atoms with Gasteiger partial charge in [-0.15, -0.1) is 0 Å². The second-order valence-electron chi connectivity index (χ2n) is 14.5. The van der Waals surface area contributed by atoms with Gasteiger partial charge in [0, 0.05) is 26.0 Å². The highest BCUT2D eigenvalue weighted by molar-refractivity contribution is 9.10. The van der Waals surface area contributed by atoms with E-state index in [0.717, 1.165) is 98.8 Å². The number of nitrogens with zero attached hydrogens (tertiary/aromatic N) is 5. The van der Waals surface area contributed by atoms with Crippen LogP contribution in [0, 0.1) is 0 Å². The first-order valence-electron chi connectivity index (χ1n) is 19.4. The third-order valence-corrected chi connectivity index (χ3v) is 11.5. The molecule has 0 atom stereocenters. The van der Waals surface area contributed by atoms with Gasteiger partial charge in [-0.1, -0.05) is 101 Å². The number of fused-ring (bicyclic) bond motifs is 16. The Morgan fingerprint density at radius 2 is 0.949 bits per heavy atom. The number of furan rings is 2. The number of nitrogens with one attached hydrogen (secondary N) is 1. The summed E-state index contributed by atoms with van der Waals surface area (Å²) in [6, 6.07) is 61.8. The lowest BCUT2D eigenvalue weighted by Crippen LogP contribution is -1.94. The van der Waals surface area contributed by atoms with Crippen molar-refractivity contribution in [1.82, 2.24) is 28.3 Å². The Bertz CT molecular complexity index is 3830. The van der Waals surface area contributed by atoms with E-state index in [1.165, 1.54) is 10.9 Å². The third-order valence-electron chi connectivity index (χ3n) is 11.0. The molecule has 8 nitrogen and oxygen atoms in total. The standard InChI is InChI=1S/C25H15N3O.C13H9N3.C12H7BrO/c1-6-12-23-17(7-1)18-15-16(13-14-24(18)29-23)27-21-10-4-5-11-22(21)28-20-9-3-2-8-19(20)26-25(27)28;1-3-7-11-9(5-1)14-13-15-10-6-2-4-8-12(10)16(11)13;13-8-5-6-12-10(7-8)9-3-1-2-4-11(9)14-12/h1-15H;1-8H,(H,14,15);1-7H. The zero-order chi connectivity index (χ0) is 39.0. The SMILES string of the molecule is Brc1ccc2oc3ccccc3c2c1.c1ccc2c(c1)nc1[nH]c3ccccc3n12.c1ccc2c(c1)nc1n(-c3ccc4oc5ccccc5c4c3)c3ccccc3n21. The zero-order valence-corrected chi connectivity index (χ0v) is 32.8. The molecule has 9 heteroatoms. The Hall–Kier alpha value is -7.62. The van der Waals surface area contributed by atoms with Crippen molar-refractivity contribution in [2.45, 2.75) is 0 Å². The van der Waals surface area contributed by atoms with Crippen LogP contribution in [0.15, 0.2) is 195 Å². The second-order valence-corrected chi connectivity index (χ2v) is 15.4. The number of H-pyrrole nitrogens is 1. The number of hydrogen-bond acceptors (Lipinski definition) is 4. The monoisotopic (exact) mass is 826 g/mol. The van der Waals surface area contributed by atoms with Crippen LogP contribution < -0.4 is 0 Å². The minimum absolute atomic E-state index is 0.899. The summed E-state index contributed by atoms with van der Waals surface area (Å²) in [5, 5.41) is 4.58. The van der Waals surface area contributed by atoms with Gasteiger partial charge in [0.1, 0.15) is 22.3 Å². The van der Waals surface area contributed by atoms with Crippen molar-refractivity contribution in [2.24, 2.45) is 0 Å². The van der Waals surface area contributed by atoms with Crippen LogP contribution in [0.5, 0.6) is 0 Å². The molecule has 6 heterocycles. The lowest BCUT2D eigenvalue weighted by atomic mass is 10.1. The highest BCUT2D eigenvalue weighted by Gasteiger charge is 2.18. The molecule has 59 heavy (non-hydrogen) atoms. The Balaban J connectivity index is 0.000000106. The molecule has 0 amide bonds. The van der Waals surface area contributed by atoms with Crippen molar-refractivity contribution in [2.75, 3.05) is 0 Å². The van der Waals surface area contributed by atoms with E-state index in [-0.39, 0.29) is 0 Å². The van der Waals surface area contributed by atoms with E-state index in [1.54, 1.807) is 0 Å². The largest absolute Gasteiger partial charge is 0.456 e. The molecule has 0 fully saturated rings. The minimum atomic E-state index is 0.899. The summed E-state index contributed by atoms with van der Waals surface area (Å²) < 4.78 is 19.4. The molecule has 14 aromatic rings. The molecule has 0 aliphatic rings. The van der Waals surface area contributed by atoms with Gasteiger partial charge >= 0.3 is 0 Å². The van der Waals surface area contributed by atoms with Gasteiger partial charge in [0.05, 0.1) is 49.8 Å². The smallest absolute Gasteiger partial charge is 0.220 e. The maximum Gasteiger partial charge on any atom is 0.220 e. The van der Waals surface area contributed by atoms with Crippen LogP contribution >= 0.6 is 15.9 Å². The van der Waals surface area contributed by atoms with Gasteiger partial charge in [0.15, 0.2) is 0 Å². The second kappa shape index (κ2) is 13.2. The topological polar surface area (TPSA) is 81.6 Å². The van der Waals surface area contributed by atoms with E-state index < -0.39 is 0 Å². The molecule has 0 bridgehead atoms. The molecule has 0 aliphatic carbocycles. The minimum Gasteiger partial charge on any atom is -0.456 e. The Morgan fingerprint density at radius 3 is 1.68 bits per heavy atom. The number of benzene rings is 8. The summed E-state index contributed by atoms with van der Waals surface area (Å²) in [5.74, 6) is 1.82. The molecule has 0 spiro atoms. The molecule has 0 aliphatic heterocycles. The van der Waals surface area contributed by atoms with E-state index >= 15 is 0 Å². The van der Waals surface area contributed by atoms with E-state index in [2.05, 4.69) is 142 Å². The molecule has 1 N–H and O–H groups in total. The van der Waals surface area contributed by atoms with Crippen molar-refractivity contribution in [1.29, 1.82) is 0 Å². The van der Waals surface area contributed by atoms with Crippen molar-refractivity contribution in [3.8, 4) is 5.69 Å². The Labute approximate surface area is 343 Å². The van der Waals surface area contributed by atoms with Gasteiger partial charge < -0.3 is 13.8 Å². The van der Waals surface area contributed by atoms with Crippen LogP contribution in [0.4, 0.5) is 0 Å². The van der Waals surface area contributed by atoms with Crippen molar-refractivity contribution in [3.63, 3.8) is 0 Å². The number of imidazole rings is 4. The predicted molar refractivity (Wildman–Crippen MR) is 243 cm³/mol. The molecule has 0 saturated carbocycles. The normalized spacial score (nSPS) is 11.8. The maximum atomic E-state index is 6.02. The predicted octanol–water partition coefficient (Wildman–Crippen LogP) is 13.6. The molecule has 0 saturated heterocycles. The van der Waals surface area contributed by atoms with Gasteiger partial charge in [-0.2, -0.15) is 0 Å². The zero-order valence-electron chi connectivity index (χ0n) is 31.3. The fourth-order valence-corrected chi connectivity index (χ4v) is 8.77. The number of halogens is 1. The third kappa shape index (κ3) is 5.36. The first-order chi connectivity index (χ1) is 29.2. The van der Waals surface area contributed by atoms with Crippen LogP contribution in [-0.2, 0) is 0 Å². The van der Waals surface area contributed by atoms with Crippen molar-refractivity contribution < 1.29 is 8.83 Å². The summed E-state index contributed by atoms with van der Waals surface area (Å²) in [6.45, 7) is 0. The van der Waals surface area contributed by atoms with E-state index in [1.807, 2.05) is 78.9 Å². The van der Waals surface area contributed by atoms with Crippen LogP contribution in [0.3, 0.4) is 0 Å². The van der Waals surface area contributed by atoms with Gasteiger partial charge in [-0.25, -0.2) is 9.97 Å². The highest BCUT2D eigenvalue weighted by Crippen LogP contribution is 2.34. The van der Waals surface area contributed by atoms with Crippen LogP contribution in [0.1, 0.15) is 0 Å². The van der Waals surface area contributed by atoms with E-state index in [9.17, 15) is 0 Å². The average molecular weight is 828 g/mol. The summed E-state index contributed by atoms with van der Waals surface area (Å²) in [5.41, 5.74) is 13.6. The quantitative estimate of drug-likeness (QED) is 0.179. The van der Waals surface area contributed by atoms with E-state index in [4.69, 9.17) is 13.8 Å². The fourth-order valence-electron chi connectivity index (χ4n) is 8.41. The van der Waals surface area contributed by atoms with Crippen molar-refractivity contribution in [3.05, 3.63) is 186 Å². The molecular weight excluding hydrogens is 796 g/mol. The fraction of sp³-hybridized carbons (Fsp3) is 0. The summed E-state index contributed by atoms with van der Waals surface area (Å²) in [7, 11) is 0. The Kier molecular flexibility index (Phi) is 7.51. The lowest BCUT2D eigenvalue weighted by molar-refractivity contribution is 0.668. The lowest BCUT2D eigenvalue weighted by Gasteiger charge is -2.05. The number of aromatic nitrogens is 6. The van der Waals surface area contributed by atoms with Crippen LogP contribution in [0.25, 0.3) is 105 Å². The first-order valence-corrected chi connectivity index (χ1v) is 20.1. The van der Waals surface area contributed by atoms with Crippen molar-refractivity contribution >= 4 is 115 Å². The maximum absolute atomic E-state index is 6.02. The molecule has 0 radical (unpaired) electrons. The summed E-state index contributed by atoms with van der Waals surface area (Å²) in [4.78, 5) is 12.8.